The standard InChI is InChI=1S/C15H32N2S/c1-4-18-11-9-13(2)17-14(3)12-15-8-6-5-7-10-16-15/h13-17H,4-12H2,1-3H3. The molecule has 0 bridgehead atoms. The topological polar surface area (TPSA) is 24.1 Å². The van der Waals surface area contributed by atoms with Gasteiger partial charge in [0.2, 0.25) is 0 Å². The minimum absolute atomic E-state index is 0.641. The molecule has 1 aliphatic rings. The Balaban J connectivity index is 2.12. The Bertz CT molecular complexity index is 191. The van der Waals surface area contributed by atoms with Gasteiger partial charge in [-0.05, 0) is 57.6 Å². The summed E-state index contributed by atoms with van der Waals surface area (Å²) in [4.78, 5) is 0. The van der Waals surface area contributed by atoms with Crippen molar-refractivity contribution in [1.29, 1.82) is 0 Å². The van der Waals surface area contributed by atoms with E-state index in [2.05, 4.69) is 31.4 Å². The summed E-state index contributed by atoms with van der Waals surface area (Å²) in [5.74, 6) is 2.54. The highest BCUT2D eigenvalue weighted by molar-refractivity contribution is 7.99. The van der Waals surface area contributed by atoms with Gasteiger partial charge >= 0.3 is 0 Å². The summed E-state index contributed by atoms with van der Waals surface area (Å²) in [7, 11) is 0. The van der Waals surface area contributed by atoms with Crippen LogP contribution in [0.1, 0.15) is 59.3 Å². The number of thioether (sulfide) groups is 1. The molecular formula is C15H32N2S. The Hall–Kier alpha value is 0.270. The van der Waals surface area contributed by atoms with Gasteiger partial charge in [0, 0.05) is 18.1 Å². The molecule has 0 aromatic carbocycles. The van der Waals surface area contributed by atoms with Gasteiger partial charge in [0.1, 0.15) is 0 Å². The lowest BCUT2D eigenvalue weighted by Gasteiger charge is -2.24. The van der Waals surface area contributed by atoms with Gasteiger partial charge in [-0.2, -0.15) is 11.8 Å². The van der Waals surface area contributed by atoms with Crippen molar-refractivity contribution in [2.45, 2.75) is 77.4 Å². The van der Waals surface area contributed by atoms with E-state index in [-0.39, 0.29) is 0 Å². The molecule has 1 fully saturated rings. The van der Waals surface area contributed by atoms with Crippen LogP contribution in [0.2, 0.25) is 0 Å². The third-order valence-corrected chi connectivity index (χ3v) is 4.70. The first-order valence-corrected chi connectivity index (χ1v) is 8.95. The van der Waals surface area contributed by atoms with Gasteiger partial charge in [0.25, 0.3) is 0 Å². The molecule has 108 valence electrons. The maximum absolute atomic E-state index is 3.75. The predicted molar refractivity (Wildman–Crippen MR) is 84.6 cm³/mol. The van der Waals surface area contributed by atoms with Crippen LogP contribution < -0.4 is 10.6 Å². The van der Waals surface area contributed by atoms with E-state index in [0.29, 0.717) is 12.1 Å². The minimum Gasteiger partial charge on any atom is -0.314 e. The lowest BCUT2D eigenvalue weighted by molar-refractivity contribution is 0.374. The lowest BCUT2D eigenvalue weighted by Crippen LogP contribution is -2.40. The zero-order valence-corrected chi connectivity index (χ0v) is 13.3. The third-order valence-electron chi connectivity index (χ3n) is 3.77. The zero-order chi connectivity index (χ0) is 13.2. The van der Waals surface area contributed by atoms with Crippen molar-refractivity contribution >= 4 is 11.8 Å². The maximum atomic E-state index is 3.75. The summed E-state index contributed by atoms with van der Waals surface area (Å²) < 4.78 is 0. The number of hydrogen-bond donors (Lipinski definition) is 2. The van der Waals surface area contributed by atoms with Gasteiger partial charge in [-0.1, -0.05) is 19.8 Å². The molecule has 3 unspecified atom stereocenters. The molecule has 1 aliphatic heterocycles. The van der Waals surface area contributed by atoms with Crippen molar-refractivity contribution in [3.8, 4) is 0 Å². The molecule has 1 saturated heterocycles. The van der Waals surface area contributed by atoms with Crippen LogP contribution in [-0.2, 0) is 0 Å². The average molecular weight is 273 g/mol. The predicted octanol–water partition coefficient (Wildman–Crippen LogP) is 3.42. The van der Waals surface area contributed by atoms with Crippen molar-refractivity contribution in [3.05, 3.63) is 0 Å². The van der Waals surface area contributed by atoms with E-state index in [4.69, 9.17) is 0 Å². The molecule has 0 spiro atoms. The van der Waals surface area contributed by atoms with E-state index in [1.54, 1.807) is 0 Å². The fourth-order valence-corrected chi connectivity index (χ4v) is 3.58. The number of nitrogens with one attached hydrogen (secondary N) is 2. The molecule has 2 N–H and O–H groups in total. The largest absolute Gasteiger partial charge is 0.314 e. The molecule has 0 aromatic rings. The summed E-state index contributed by atoms with van der Waals surface area (Å²) in [5.41, 5.74) is 0. The fourth-order valence-electron chi connectivity index (χ4n) is 2.77. The Labute approximate surface area is 118 Å². The SMILES string of the molecule is CCSCCC(C)NC(C)CC1CCCCCN1. The summed E-state index contributed by atoms with van der Waals surface area (Å²) >= 11 is 2.05. The van der Waals surface area contributed by atoms with E-state index in [1.807, 2.05) is 11.8 Å². The monoisotopic (exact) mass is 272 g/mol. The Morgan fingerprint density at radius 3 is 2.83 bits per heavy atom. The third kappa shape index (κ3) is 7.65. The number of hydrogen-bond acceptors (Lipinski definition) is 3. The van der Waals surface area contributed by atoms with Crippen LogP contribution in [0.15, 0.2) is 0 Å². The van der Waals surface area contributed by atoms with E-state index >= 15 is 0 Å². The molecule has 0 aliphatic carbocycles. The van der Waals surface area contributed by atoms with Crippen molar-refractivity contribution in [1.82, 2.24) is 10.6 Å². The fraction of sp³-hybridized carbons (Fsp3) is 1.00. The second-order valence-electron chi connectivity index (χ2n) is 5.69. The quantitative estimate of drug-likeness (QED) is 0.662. The summed E-state index contributed by atoms with van der Waals surface area (Å²) in [6.45, 7) is 8.13. The van der Waals surface area contributed by atoms with Crippen molar-refractivity contribution in [3.63, 3.8) is 0 Å². The summed E-state index contributed by atoms with van der Waals surface area (Å²) in [5, 5.41) is 7.45. The van der Waals surface area contributed by atoms with Crippen LogP contribution in [0, 0.1) is 0 Å². The molecule has 1 heterocycles. The highest BCUT2D eigenvalue weighted by Crippen LogP contribution is 2.13. The van der Waals surface area contributed by atoms with E-state index in [9.17, 15) is 0 Å². The van der Waals surface area contributed by atoms with Gasteiger partial charge in [-0.3, -0.25) is 0 Å². The Morgan fingerprint density at radius 2 is 2.06 bits per heavy atom. The van der Waals surface area contributed by atoms with Gasteiger partial charge in [-0.15, -0.1) is 0 Å². The second-order valence-corrected chi connectivity index (χ2v) is 7.08. The van der Waals surface area contributed by atoms with E-state index < -0.39 is 0 Å². The van der Waals surface area contributed by atoms with Crippen LogP contribution in [0.25, 0.3) is 0 Å². The minimum atomic E-state index is 0.641. The van der Waals surface area contributed by atoms with Crippen LogP contribution in [0.5, 0.6) is 0 Å². The maximum Gasteiger partial charge on any atom is 0.00817 e. The highest BCUT2D eigenvalue weighted by atomic mass is 32.2. The molecule has 0 radical (unpaired) electrons. The number of rotatable bonds is 8. The Kier molecular flexibility index (Phi) is 9.16. The second kappa shape index (κ2) is 10.1. The smallest absolute Gasteiger partial charge is 0.00817 e. The molecule has 18 heavy (non-hydrogen) atoms. The van der Waals surface area contributed by atoms with Crippen LogP contribution in [0.4, 0.5) is 0 Å². The Morgan fingerprint density at radius 1 is 1.22 bits per heavy atom. The molecule has 0 amide bonds. The van der Waals surface area contributed by atoms with Gasteiger partial charge < -0.3 is 10.6 Å². The molecule has 0 saturated carbocycles. The van der Waals surface area contributed by atoms with E-state index in [1.165, 1.54) is 56.6 Å². The van der Waals surface area contributed by atoms with Crippen LogP contribution >= 0.6 is 11.8 Å². The summed E-state index contributed by atoms with van der Waals surface area (Å²) in [6.07, 6.45) is 8.13. The highest BCUT2D eigenvalue weighted by Gasteiger charge is 2.15. The average Bonchev–Trinajstić information content (AvgIpc) is 2.57. The molecular weight excluding hydrogens is 240 g/mol. The van der Waals surface area contributed by atoms with Crippen molar-refractivity contribution in [2.24, 2.45) is 0 Å². The van der Waals surface area contributed by atoms with Crippen molar-refractivity contribution < 1.29 is 0 Å². The van der Waals surface area contributed by atoms with Crippen LogP contribution in [-0.4, -0.2) is 36.2 Å². The first-order valence-electron chi connectivity index (χ1n) is 7.79. The van der Waals surface area contributed by atoms with Gasteiger partial charge in [0.05, 0.1) is 0 Å². The normalized spacial score (nSPS) is 24.5. The first kappa shape index (κ1) is 16.3. The van der Waals surface area contributed by atoms with Crippen LogP contribution in [0.3, 0.4) is 0 Å². The molecule has 2 nitrogen and oxygen atoms in total. The van der Waals surface area contributed by atoms with E-state index in [0.717, 1.165) is 6.04 Å². The zero-order valence-electron chi connectivity index (χ0n) is 12.5. The summed E-state index contributed by atoms with van der Waals surface area (Å²) in [6, 6.07) is 2.04. The molecule has 3 atom stereocenters. The van der Waals surface area contributed by atoms with Gasteiger partial charge in [-0.25, -0.2) is 0 Å². The molecule has 3 heteroatoms. The first-order chi connectivity index (χ1) is 8.72. The molecule has 0 aromatic heterocycles. The molecule has 1 rings (SSSR count). The lowest BCUT2D eigenvalue weighted by atomic mass is 10.0. The van der Waals surface area contributed by atoms with Crippen molar-refractivity contribution in [2.75, 3.05) is 18.1 Å². The van der Waals surface area contributed by atoms with Gasteiger partial charge in [0.15, 0.2) is 0 Å².